The molecule has 0 unspecified atom stereocenters. The van der Waals surface area contributed by atoms with E-state index in [1.54, 1.807) is 30.5 Å². The fourth-order valence-corrected chi connectivity index (χ4v) is 5.57. The van der Waals surface area contributed by atoms with Gasteiger partial charge in [-0.1, -0.05) is 22.9 Å². The summed E-state index contributed by atoms with van der Waals surface area (Å²) in [7, 11) is -3.49. The van der Waals surface area contributed by atoms with Crippen molar-refractivity contribution >= 4 is 33.0 Å². The lowest BCUT2D eigenvalue weighted by molar-refractivity contribution is 0.318. The van der Waals surface area contributed by atoms with Crippen LogP contribution in [0.25, 0.3) is 10.8 Å². The average molecular weight is 410 g/mol. The van der Waals surface area contributed by atoms with Crippen LogP contribution in [0.2, 0.25) is 5.02 Å². The van der Waals surface area contributed by atoms with Crippen molar-refractivity contribution in [3.05, 3.63) is 52.7 Å². The molecule has 9 heteroatoms. The monoisotopic (exact) mass is 409 g/mol. The van der Waals surface area contributed by atoms with Crippen LogP contribution >= 0.6 is 22.9 Å². The number of furan rings is 1. The van der Waals surface area contributed by atoms with Gasteiger partial charge in [0.25, 0.3) is 0 Å². The molecule has 3 heterocycles. The van der Waals surface area contributed by atoms with Crippen molar-refractivity contribution in [1.82, 2.24) is 14.5 Å². The van der Waals surface area contributed by atoms with Gasteiger partial charge in [0, 0.05) is 24.0 Å². The van der Waals surface area contributed by atoms with E-state index in [2.05, 4.69) is 10.2 Å². The Labute approximate surface area is 160 Å². The molecule has 1 saturated heterocycles. The smallest absolute Gasteiger partial charge is 0.243 e. The Morgan fingerprint density at radius 2 is 1.85 bits per heavy atom. The van der Waals surface area contributed by atoms with E-state index in [9.17, 15) is 8.42 Å². The molecule has 6 nitrogen and oxygen atoms in total. The van der Waals surface area contributed by atoms with Crippen LogP contribution in [0.15, 0.2) is 52.0 Å². The van der Waals surface area contributed by atoms with E-state index in [4.69, 9.17) is 16.0 Å². The van der Waals surface area contributed by atoms with Gasteiger partial charge in [0.2, 0.25) is 10.0 Å². The summed E-state index contributed by atoms with van der Waals surface area (Å²) < 4.78 is 32.4. The molecule has 1 aliphatic rings. The van der Waals surface area contributed by atoms with Gasteiger partial charge in [0.1, 0.15) is 5.01 Å². The molecule has 3 aromatic rings. The lowest BCUT2D eigenvalue weighted by Gasteiger charge is -2.30. The van der Waals surface area contributed by atoms with Crippen LogP contribution in [0, 0.1) is 0 Å². The fourth-order valence-electron chi connectivity index (χ4n) is 3.00. The molecule has 0 spiro atoms. The number of benzene rings is 1. The highest BCUT2D eigenvalue weighted by atomic mass is 35.5. The van der Waals surface area contributed by atoms with Gasteiger partial charge in [-0.15, -0.1) is 10.2 Å². The highest BCUT2D eigenvalue weighted by Gasteiger charge is 2.31. The van der Waals surface area contributed by atoms with Crippen LogP contribution in [0.4, 0.5) is 0 Å². The van der Waals surface area contributed by atoms with Gasteiger partial charge in [0.05, 0.1) is 11.2 Å². The Morgan fingerprint density at radius 1 is 1.12 bits per heavy atom. The van der Waals surface area contributed by atoms with E-state index in [1.807, 2.05) is 12.1 Å². The number of halogens is 1. The first-order valence-electron chi connectivity index (χ1n) is 8.17. The van der Waals surface area contributed by atoms with Gasteiger partial charge < -0.3 is 4.42 Å². The normalized spacial score (nSPS) is 16.8. The van der Waals surface area contributed by atoms with E-state index in [1.165, 1.54) is 15.6 Å². The maximum Gasteiger partial charge on any atom is 0.243 e. The summed E-state index contributed by atoms with van der Waals surface area (Å²) in [6, 6.07) is 9.95. The highest BCUT2D eigenvalue weighted by Crippen LogP contribution is 2.35. The number of sulfonamides is 1. The molecule has 0 bridgehead atoms. The summed E-state index contributed by atoms with van der Waals surface area (Å²) in [5.41, 5.74) is 0. The van der Waals surface area contributed by atoms with Crippen molar-refractivity contribution in [2.75, 3.05) is 13.1 Å². The molecule has 1 aromatic carbocycles. The lowest BCUT2D eigenvalue weighted by atomic mass is 9.99. The molecule has 0 atom stereocenters. The Hall–Kier alpha value is -1.74. The maximum absolute atomic E-state index is 12.7. The number of hydrogen-bond acceptors (Lipinski definition) is 6. The second-order valence-electron chi connectivity index (χ2n) is 6.06. The molecule has 0 N–H and O–H groups in total. The Kier molecular flexibility index (Phi) is 4.83. The molecule has 0 amide bonds. The van der Waals surface area contributed by atoms with Crippen LogP contribution in [0.3, 0.4) is 0 Å². The predicted molar refractivity (Wildman–Crippen MR) is 99.8 cm³/mol. The Morgan fingerprint density at radius 3 is 2.50 bits per heavy atom. The lowest BCUT2D eigenvalue weighted by Crippen LogP contribution is -2.37. The SMILES string of the molecule is O=S(=O)(c1ccc(Cl)cc1)N1CCC(c2nnc(-c3ccco3)s2)CC1. The zero-order valence-electron chi connectivity index (χ0n) is 13.7. The summed E-state index contributed by atoms with van der Waals surface area (Å²) in [5, 5.41) is 10.7. The van der Waals surface area contributed by atoms with Crippen molar-refractivity contribution in [2.45, 2.75) is 23.7 Å². The van der Waals surface area contributed by atoms with Gasteiger partial charge in [-0.3, -0.25) is 0 Å². The third-order valence-electron chi connectivity index (χ3n) is 4.43. The molecule has 0 radical (unpaired) electrons. The first kappa shape index (κ1) is 17.7. The van der Waals surface area contributed by atoms with Gasteiger partial charge >= 0.3 is 0 Å². The predicted octanol–water partition coefficient (Wildman–Crippen LogP) is 4.02. The van der Waals surface area contributed by atoms with Crippen molar-refractivity contribution < 1.29 is 12.8 Å². The van der Waals surface area contributed by atoms with Crippen molar-refractivity contribution in [3.63, 3.8) is 0 Å². The van der Waals surface area contributed by atoms with E-state index < -0.39 is 10.0 Å². The molecule has 136 valence electrons. The summed E-state index contributed by atoms with van der Waals surface area (Å²) >= 11 is 7.35. The molecule has 4 rings (SSSR count). The van der Waals surface area contributed by atoms with Gasteiger partial charge in [0.15, 0.2) is 10.8 Å². The maximum atomic E-state index is 12.7. The minimum Gasteiger partial charge on any atom is -0.462 e. The molecule has 1 fully saturated rings. The minimum atomic E-state index is -3.49. The van der Waals surface area contributed by atoms with Crippen LogP contribution in [0.1, 0.15) is 23.8 Å². The molecule has 26 heavy (non-hydrogen) atoms. The molecule has 2 aromatic heterocycles. The summed E-state index contributed by atoms with van der Waals surface area (Å²) in [5.74, 6) is 0.921. The van der Waals surface area contributed by atoms with Crippen molar-refractivity contribution in [1.29, 1.82) is 0 Å². The molecular weight excluding hydrogens is 394 g/mol. The Bertz CT molecular complexity index is 977. The molecule has 0 saturated carbocycles. The quantitative estimate of drug-likeness (QED) is 0.650. The van der Waals surface area contributed by atoms with Gasteiger partial charge in [-0.25, -0.2) is 8.42 Å². The average Bonchev–Trinajstić information content (AvgIpc) is 3.34. The van der Waals surface area contributed by atoms with E-state index in [0.29, 0.717) is 23.9 Å². The number of hydrogen-bond donors (Lipinski definition) is 0. The third kappa shape index (κ3) is 3.42. The van der Waals surface area contributed by atoms with Crippen LogP contribution in [0.5, 0.6) is 0 Å². The van der Waals surface area contributed by atoms with Gasteiger partial charge in [-0.05, 0) is 49.2 Å². The number of aromatic nitrogens is 2. The van der Waals surface area contributed by atoms with Crippen LogP contribution < -0.4 is 0 Å². The first-order chi connectivity index (χ1) is 12.5. The number of rotatable bonds is 4. The third-order valence-corrected chi connectivity index (χ3v) is 7.69. The molecular formula is C17H16ClN3O3S2. The zero-order valence-corrected chi connectivity index (χ0v) is 16.1. The standard InChI is InChI=1S/C17H16ClN3O3S2/c18-13-3-5-14(6-4-13)26(22,23)21-9-7-12(8-10-21)16-19-20-17(25-16)15-2-1-11-24-15/h1-6,11-12H,7-10H2. The number of piperidine rings is 1. The largest absolute Gasteiger partial charge is 0.462 e. The molecule has 0 aliphatic carbocycles. The minimum absolute atomic E-state index is 0.216. The van der Waals surface area contributed by atoms with Crippen molar-refractivity contribution in [3.8, 4) is 10.8 Å². The topological polar surface area (TPSA) is 76.3 Å². The summed E-state index contributed by atoms with van der Waals surface area (Å²) in [6.07, 6.45) is 3.05. The second-order valence-corrected chi connectivity index (χ2v) is 9.44. The van der Waals surface area contributed by atoms with E-state index >= 15 is 0 Å². The second kappa shape index (κ2) is 7.11. The fraction of sp³-hybridized carbons (Fsp3) is 0.294. The van der Waals surface area contributed by atoms with E-state index in [-0.39, 0.29) is 10.8 Å². The zero-order chi connectivity index (χ0) is 18.1. The summed E-state index contributed by atoms with van der Waals surface area (Å²) in [6.45, 7) is 0.927. The molecule has 1 aliphatic heterocycles. The Balaban J connectivity index is 1.45. The highest BCUT2D eigenvalue weighted by molar-refractivity contribution is 7.89. The number of nitrogens with zero attached hydrogens (tertiary/aromatic N) is 3. The van der Waals surface area contributed by atoms with Crippen molar-refractivity contribution in [2.24, 2.45) is 0 Å². The first-order valence-corrected chi connectivity index (χ1v) is 10.8. The van der Waals surface area contributed by atoms with Gasteiger partial charge in [-0.2, -0.15) is 4.31 Å². The van der Waals surface area contributed by atoms with E-state index in [0.717, 1.165) is 22.9 Å². The van der Waals surface area contributed by atoms with Crippen LogP contribution in [-0.4, -0.2) is 36.0 Å². The van der Waals surface area contributed by atoms with Crippen LogP contribution in [-0.2, 0) is 10.0 Å². The summed E-state index contributed by atoms with van der Waals surface area (Å²) in [4.78, 5) is 0.274.